The first-order chi connectivity index (χ1) is 10.7. The number of nitrogens with one attached hydrogen (secondary N) is 3. The smallest absolute Gasteiger partial charge is 0.273 e. The Morgan fingerprint density at radius 1 is 1.14 bits per heavy atom. The maximum absolute atomic E-state index is 12.1. The van der Waals surface area contributed by atoms with Crippen molar-refractivity contribution in [1.29, 1.82) is 0 Å². The number of amides is 2. The average Bonchev–Trinajstić information content (AvgIpc) is 3.24. The minimum Gasteiger partial charge on any atom is -0.273 e. The van der Waals surface area contributed by atoms with Gasteiger partial charge in [-0.25, -0.2) is 0 Å². The highest BCUT2D eigenvalue weighted by molar-refractivity contribution is 5.93. The molecule has 22 heavy (non-hydrogen) atoms. The van der Waals surface area contributed by atoms with Gasteiger partial charge in [-0.2, -0.15) is 15.4 Å². The largest absolute Gasteiger partial charge is 0.291 e. The second kappa shape index (κ2) is 6.38. The van der Waals surface area contributed by atoms with E-state index in [2.05, 4.69) is 38.4 Å². The van der Waals surface area contributed by atoms with Crippen molar-refractivity contribution in [3.05, 3.63) is 47.8 Å². The summed E-state index contributed by atoms with van der Waals surface area (Å²) in [5, 5.41) is 9.53. The van der Waals surface area contributed by atoms with Crippen LogP contribution in [0.1, 0.15) is 41.2 Å². The molecule has 0 spiro atoms. The van der Waals surface area contributed by atoms with E-state index in [-0.39, 0.29) is 17.5 Å². The molecule has 1 saturated carbocycles. The summed E-state index contributed by atoms with van der Waals surface area (Å²) in [6.07, 6.45) is 3.91. The molecule has 1 fully saturated rings. The molecule has 0 saturated heterocycles. The van der Waals surface area contributed by atoms with Crippen molar-refractivity contribution in [3.63, 3.8) is 0 Å². The molecule has 2 aromatic rings. The highest BCUT2D eigenvalue weighted by Gasteiger charge is 2.30. The number of aromatic nitrogens is 3. The quantitative estimate of drug-likeness (QED) is 0.740. The van der Waals surface area contributed by atoms with E-state index in [4.69, 9.17) is 0 Å². The van der Waals surface area contributed by atoms with E-state index in [9.17, 15) is 9.59 Å². The SMILES string of the molecule is O=C(NNC(=O)[C@@H]1CC[C@@H](c2ccccc2)C1)c1cn[nH]n1. The lowest BCUT2D eigenvalue weighted by Crippen LogP contribution is -2.44. The van der Waals surface area contributed by atoms with Gasteiger partial charge in [-0.3, -0.25) is 20.4 Å². The molecular weight excluding hydrogens is 282 g/mol. The lowest BCUT2D eigenvalue weighted by molar-refractivity contribution is -0.125. The van der Waals surface area contributed by atoms with Gasteiger partial charge in [-0.05, 0) is 30.7 Å². The first kappa shape index (κ1) is 14.2. The molecule has 3 N–H and O–H groups in total. The van der Waals surface area contributed by atoms with Crippen molar-refractivity contribution in [2.75, 3.05) is 0 Å². The molecule has 0 radical (unpaired) electrons. The fourth-order valence-corrected chi connectivity index (χ4v) is 2.84. The van der Waals surface area contributed by atoms with E-state index in [1.54, 1.807) is 0 Å². The molecule has 7 nitrogen and oxygen atoms in total. The van der Waals surface area contributed by atoms with Crippen molar-refractivity contribution in [3.8, 4) is 0 Å². The van der Waals surface area contributed by atoms with Crippen molar-refractivity contribution in [2.45, 2.75) is 25.2 Å². The molecule has 2 amide bonds. The second-order valence-corrected chi connectivity index (χ2v) is 5.42. The van der Waals surface area contributed by atoms with Gasteiger partial charge in [0.2, 0.25) is 5.91 Å². The molecule has 114 valence electrons. The van der Waals surface area contributed by atoms with Crippen LogP contribution in [0.5, 0.6) is 0 Å². The molecule has 1 aliphatic carbocycles. The number of H-pyrrole nitrogens is 1. The summed E-state index contributed by atoms with van der Waals surface area (Å²) >= 11 is 0. The van der Waals surface area contributed by atoms with E-state index >= 15 is 0 Å². The molecular formula is C15H17N5O2. The number of carbonyl (C=O) groups is 2. The summed E-state index contributed by atoms with van der Waals surface area (Å²) in [7, 11) is 0. The molecule has 3 rings (SSSR count). The highest BCUT2D eigenvalue weighted by atomic mass is 16.2. The van der Waals surface area contributed by atoms with Crippen LogP contribution < -0.4 is 10.9 Å². The highest BCUT2D eigenvalue weighted by Crippen LogP contribution is 2.38. The number of rotatable bonds is 3. The molecule has 0 unspecified atom stereocenters. The Kier molecular flexibility index (Phi) is 4.13. The van der Waals surface area contributed by atoms with Crippen LogP contribution in [0.2, 0.25) is 0 Å². The third-order valence-electron chi connectivity index (χ3n) is 4.02. The lowest BCUT2D eigenvalue weighted by atomic mass is 9.96. The second-order valence-electron chi connectivity index (χ2n) is 5.42. The molecule has 1 aromatic heterocycles. The van der Waals surface area contributed by atoms with Crippen LogP contribution in [0.4, 0.5) is 0 Å². The van der Waals surface area contributed by atoms with E-state index in [1.165, 1.54) is 11.8 Å². The number of aromatic amines is 1. The first-order valence-electron chi connectivity index (χ1n) is 7.25. The molecule has 2 atom stereocenters. The predicted molar refractivity (Wildman–Crippen MR) is 78.5 cm³/mol. The maximum atomic E-state index is 12.1. The monoisotopic (exact) mass is 299 g/mol. The lowest BCUT2D eigenvalue weighted by Gasteiger charge is -2.12. The Bertz CT molecular complexity index is 641. The van der Waals surface area contributed by atoms with Crippen LogP contribution in [0.15, 0.2) is 36.5 Å². The Hall–Kier alpha value is -2.70. The zero-order valence-corrected chi connectivity index (χ0v) is 12.0. The molecule has 1 aliphatic rings. The molecule has 1 heterocycles. The van der Waals surface area contributed by atoms with Crippen molar-refractivity contribution in [2.24, 2.45) is 5.92 Å². The maximum Gasteiger partial charge on any atom is 0.291 e. The van der Waals surface area contributed by atoms with Crippen molar-refractivity contribution < 1.29 is 9.59 Å². The summed E-state index contributed by atoms with van der Waals surface area (Å²) in [5.74, 6) is -0.319. The minimum atomic E-state index is -0.486. The molecule has 1 aromatic carbocycles. The molecule has 7 heteroatoms. The third-order valence-corrected chi connectivity index (χ3v) is 4.02. The van der Waals surface area contributed by atoms with E-state index < -0.39 is 5.91 Å². The summed E-state index contributed by atoms with van der Waals surface area (Å²) in [4.78, 5) is 23.8. The fraction of sp³-hybridized carbons (Fsp3) is 0.333. The van der Waals surface area contributed by atoms with Gasteiger partial charge < -0.3 is 0 Å². The van der Waals surface area contributed by atoms with Crippen LogP contribution in [0, 0.1) is 5.92 Å². The van der Waals surface area contributed by atoms with Crippen LogP contribution in [-0.2, 0) is 4.79 Å². The first-order valence-corrected chi connectivity index (χ1v) is 7.25. The topological polar surface area (TPSA) is 99.8 Å². The number of hydrogen-bond acceptors (Lipinski definition) is 4. The Morgan fingerprint density at radius 2 is 1.95 bits per heavy atom. The Balaban J connectivity index is 1.50. The van der Waals surface area contributed by atoms with E-state index in [0.29, 0.717) is 5.92 Å². The average molecular weight is 299 g/mol. The zero-order valence-electron chi connectivity index (χ0n) is 12.0. The van der Waals surface area contributed by atoms with Gasteiger partial charge in [0.1, 0.15) is 0 Å². The summed E-state index contributed by atoms with van der Waals surface area (Å²) < 4.78 is 0. The van der Waals surface area contributed by atoms with Gasteiger partial charge in [0.05, 0.1) is 6.20 Å². The van der Waals surface area contributed by atoms with Gasteiger partial charge >= 0.3 is 0 Å². The summed E-state index contributed by atoms with van der Waals surface area (Å²) in [6.45, 7) is 0. The normalized spacial score (nSPS) is 20.5. The number of benzene rings is 1. The van der Waals surface area contributed by atoms with Crippen LogP contribution in [-0.4, -0.2) is 27.2 Å². The van der Waals surface area contributed by atoms with Gasteiger partial charge in [0.25, 0.3) is 5.91 Å². The minimum absolute atomic E-state index is 0.0807. The zero-order chi connectivity index (χ0) is 15.4. The standard InChI is InChI=1S/C15H17N5O2/c21-14(18-19-15(22)13-9-16-20-17-13)12-7-6-11(8-12)10-4-2-1-3-5-10/h1-5,9,11-12H,6-8H2,(H,18,21)(H,19,22)(H,16,17,20)/t11-,12-/m1/s1. The summed E-state index contributed by atoms with van der Waals surface area (Å²) in [5.41, 5.74) is 6.22. The van der Waals surface area contributed by atoms with Crippen LogP contribution in [0.25, 0.3) is 0 Å². The number of nitrogens with zero attached hydrogens (tertiary/aromatic N) is 2. The Morgan fingerprint density at radius 3 is 2.68 bits per heavy atom. The van der Waals surface area contributed by atoms with Gasteiger partial charge in [0.15, 0.2) is 5.69 Å². The van der Waals surface area contributed by atoms with Crippen molar-refractivity contribution >= 4 is 11.8 Å². The number of hydrogen-bond donors (Lipinski definition) is 3. The van der Waals surface area contributed by atoms with Crippen molar-refractivity contribution in [1.82, 2.24) is 26.3 Å². The predicted octanol–water partition coefficient (Wildman–Crippen LogP) is 1.15. The number of hydrazine groups is 1. The number of carbonyl (C=O) groups excluding carboxylic acids is 2. The van der Waals surface area contributed by atoms with Gasteiger partial charge in [-0.15, -0.1) is 0 Å². The Labute approximate surface area is 127 Å². The van der Waals surface area contributed by atoms with Gasteiger partial charge in [-0.1, -0.05) is 30.3 Å². The van der Waals surface area contributed by atoms with E-state index in [0.717, 1.165) is 19.3 Å². The van der Waals surface area contributed by atoms with Crippen LogP contribution in [0.3, 0.4) is 0 Å². The van der Waals surface area contributed by atoms with Crippen LogP contribution >= 0.6 is 0 Å². The molecule has 0 bridgehead atoms. The fourth-order valence-electron chi connectivity index (χ4n) is 2.84. The molecule has 0 aliphatic heterocycles. The third kappa shape index (κ3) is 3.13. The van der Waals surface area contributed by atoms with Gasteiger partial charge in [0, 0.05) is 5.92 Å². The summed E-state index contributed by atoms with van der Waals surface area (Å²) in [6, 6.07) is 10.2. The van der Waals surface area contributed by atoms with E-state index in [1.807, 2.05) is 18.2 Å².